The third kappa shape index (κ3) is 5.69. The number of carboxylic acid groups (broad SMARTS) is 1. The van der Waals surface area contributed by atoms with Gasteiger partial charge in [-0.05, 0) is 64.4 Å². The summed E-state index contributed by atoms with van der Waals surface area (Å²) >= 11 is 6.02. The summed E-state index contributed by atoms with van der Waals surface area (Å²) in [6, 6.07) is 5.44. The molecule has 1 saturated heterocycles. The number of nitrogens with zero attached hydrogens (tertiary/aromatic N) is 2. The topological polar surface area (TPSA) is 72.9 Å². The van der Waals surface area contributed by atoms with E-state index in [0.717, 1.165) is 43.6 Å². The van der Waals surface area contributed by atoms with Crippen LogP contribution in [0.25, 0.3) is 0 Å². The van der Waals surface area contributed by atoms with Gasteiger partial charge in [-0.3, -0.25) is 19.4 Å². The molecular formula is C19H28ClN3O3. The molecule has 2 unspecified atom stereocenters. The minimum Gasteiger partial charge on any atom is -0.480 e. The van der Waals surface area contributed by atoms with Crippen LogP contribution in [0, 0.1) is 6.92 Å². The smallest absolute Gasteiger partial charge is 0.317 e. The van der Waals surface area contributed by atoms with Crippen molar-refractivity contribution in [2.45, 2.75) is 45.2 Å². The van der Waals surface area contributed by atoms with Gasteiger partial charge in [-0.1, -0.05) is 17.7 Å². The molecule has 1 fully saturated rings. The maximum Gasteiger partial charge on any atom is 0.317 e. The summed E-state index contributed by atoms with van der Waals surface area (Å²) in [5.41, 5.74) is 1.71. The molecule has 2 N–H and O–H groups in total. The van der Waals surface area contributed by atoms with Gasteiger partial charge in [-0.15, -0.1) is 0 Å². The van der Waals surface area contributed by atoms with E-state index in [1.165, 1.54) is 0 Å². The van der Waals surface area contributed by atoms with E-state index in [-0.39, 0.29) is 24.5 Å². The molecule has 26 heavy (non-hydrogen) atoms. The first-order chi connectivity index (χ1) is 12.3. The molecular weight excluding hydrogens is 354 g/mol. The highest BCUT2D eigenvalue weighted by molar-refractivity contribution is 6.31. The molecule has 0 aromatic heterocycles. The number of hydrogen-bond donors (Lipinski definition) is 2. The largest absolute Gasteiger partial charge is 0.480 e. The number of carbonyl (C=O) groups excluding carboxylic acids is 1. The maximum absolute atomic E-state index is 12.7. The molecule has 0 radical (unpaired) electrons. The number of hydrogen-bond acceptors (Lipinski definition) is 4. The van der Waals surface area contributed by atoms with E-state index in [4.69, 9.17) is 16.7 Å². The highest BCUT2D eigenvalue weighted by atomic mass is 35.5. The van der Waals surface area contributed by atoms with E-state index in [1.807, 2.05) is 31.9 Å². The molecule has 0 aliphatic carbocycles. The summed E-state index contributed by atoms with van der Waals surface area (Å²) in [4.78, 5) is 27.6. The number of carboxylic acids is 1. The predicted molar refractivity (Wildman–Crippen MR) is 104 cm³/mol. The first-order valence-corrected chi connectivity index (χ1v) is 9.39. The van der Waals surface area contributed by atoms with Crippen LogP contribution in [0.2, 0.25) is 5.02 Å². The van der Waals surface area contributed by atoms with E-state index in [2.05, 4.69) is 10.2 Å². The molecule has 0 spiro atoms. The van der Waals surface area contributed by atoms with E-state index in [0.29, 0.717) is 5.02 Å². The molecule has 7 heteroatoms. The normalized spacial score (nSPS) is 19.8. The number of carbonyl (C=O) groups is 2. The van der Waals surface area contributed by atoms with Gasteiger partial charge in [0.2, 0.25) is 5.91 Å². The third-order valence-corrected chi connectivity index (χ3v) is 5.36. The summed E-state index contributed by atoms with van der Waals surface area (Å²) in [6.07, 6.45) is 2.75. The van der Waals surface area contributed by atoms with E-state index in [9.17, 15) is 9.59 Å². The molecule has 144 valence electrons. The van der Waals surface area contributed by atoms with Crippen molar-refractivity contribution in [3.8, 4) is 0 Å². The van der Waals surface area contributed by atoms with Gasteiger partial charge in [0.05, 0.1) is 12.6 Å². The van der Waals surface area contributed by atoms with Crippen molar-refractivity contribution in [2.24, 2.45) is 0 Å². The zero-order valence-corrected chi connectivity index (χ0v) is 16.4. The number of aliphatic carboxylic acids is 1. The zero-order chi connectivity index (χ0) is 19.3. The minimum atomic E-state index is -0.807. The Kier molecular flexibility index (Phi) is 7.43. The Morgan fingerprint density at radius 1 is 1.38 bits per heavy atom. The van der Waals surface area contributed by atoms with Crippen molar-refractivity contribution in [1.29, 1.82) is 0 Å². The van der Waals surface area contributed by atoms with Crippen molar-refractivity contribution in [2.75, 3.05) is 32.0 Å². The Balaban J connectivity index is 1.94. The fourth-order valence-corrected chi connectivity index (χ4v) is 3.58. The molecule has 6 nitrogen and oxygen atoms in total. The van der Waals surface area contributed by atoms with Gasteiger partial charge >= 0.3 is 5.97 Å². The van der Waals surface area contributed by atoms with Crippen molar-refractivity contribution < 1.29 is 14.7 Å². The second-order valence-corrected chi connectivity index (χ2v) is 7.49. The fraction of sp³-hybridized carbons (Fsp3) is 0.579. The van der Waals surface area contributed by atoms with Gasteiger partial charge in [0, 0.05) is 23.3 Å². The average Bonchev–Trinajstić information content (AvgIpc) is 2.83. The summed E-state index contributed by atoms with van der Waals surface area (Å²) in [5.74, 6) is -0.856. The monoisotopic (exact) mass is 381 g/mol. The van der Waals surface area contributed by atoms with E-state index in [1.54, 1.807) is 12.1 Å². The highest BCUT2D eigenvalue weighted by Crippen LogP contribution is 2.22. The van der Waals surface area contributed by atoms with Crippen molar-refractivity contribution in [3.05, 3.63) is 28.8 Å². The summed E-state index contributed by atoms with van der Waals surface area (Å²) < 4.78 is 0. The van der Waals surface area contributed by atoms with Gasteiger partial charge in [0.15, 0.2) is 0 Å². The lowest BCUT2D eigenvalue weighted by atomic mass is 10.1. The molecule has 1 aliphatic rings. The SMILES string of the molecule is Cc1ccc(Cl)cc1NC(=O)C(C)N1CCCC(N(C)CC(=O)O)CC1. The standard InChI is InChI=1S/C19H28ClN3O3/c1-13-6-7-15(20)11-17(13)21-19(26)14(2)23-9-4-5-16(8-10-23)22(3)12-18(24)25/h6-7,11,14,16H,4-5,8-10,12H2,1-3H3,(H,21,26)(H,24,25). The number of likely N-dealkylation sites (tertiary alicyclic amines) is 1. The Labute approximate surface area is 160 Å². The number of aryl methyl sites for hydroxylation is 1. The van der Waals surface area contributed by atoms with Crippen LogP contribution in [0.4, 0.5) is 5.69 Å². The number of halogens is 1. The second kappa shape index (κ2) is 9.35. The van der Waals surface area contributed by atoms with Gasteiger partial charge in [-0.2, -0.15) is 0 Å². The van der Waals surface area contributed by atoms with Crippen LogP contribution in [0.1, 0.15) is 31.7 Å². The highest BCUT2D eigenvalue weighted by Gasteiger charge is 2.27. The summed E-state index contributed by atoms with van der Waals surface area (Å²) in [6.45, 7) is 5.51. The van der Waals surface area contributed by atoms with Gasteiger partial charge in [0.1, 0.15) is 0 Å². The Morgan fingerprint density at radius 3 is 2.81 bits per heavy atom. The Morgan fingerprint density at radius 2 is 2.12 bits per heavy atom. The number of anilines is 1. The molecule has 1 aromatic carbocycles. The van der Waals surface area contributed by atoms with Crippen LogP contribution in [-0.4, -0.2) is 65.5 Å². The summed E-state index contributed by atoms with van der Waals surface area (Å²) in [7, 11) is 1.85. The number of rotatable bonds is 6. The lowest BCUT2D eigenvalue weighted by molar-refractivity contribution is -0.138. The summed E-state index contributed by atoms with van der Waals surface area (Å²) in [5, 5.41) is 12.5. The molecule has 0 saturated carbocycles. The average molecular weight is 382 g/mol. The minimum absolute atomic E-state index is 0.0484. The molecule has 2 atom stereocenters. The van der Waals surface area contributed by atoms with E-state index >= 15 is 0 Å². The molecule has 1 aromatic rings. The Hall–Kier alpha value is -1.63. The van der Waals surface area contributed by atoms with Crippen LogP contribution in [0.5, 0.6) is 0 Å². The molecule has 1 heterocycles. The van der Waals surface area contributed by atoms with Crippen LogP contribution >= 0.6 is 11.6 Å². The third-order valence-electron chi connectivity index (χ3n) is 5.12. The van der Waals surface area contributed by atoms with E-state index < -0.39 is 5.97 Å². The lowest BCUT2D eigenvalue weighted by Gasteiger charge is -2.28. The predicted octanol–water partition coefficient (Wildman–Crippen LogP) is 2.85. The van der Waals surface area contributed by atoms with Crippen LogP contribution < -0.4 is 5.32 Å². The number of likely N-dealkylation sites (N-methyl/N-ethyl adjacent to an activating group) is 1. The number of amides is 1. The second-order valence-electron chi connectivity index (χ2n) is 7.05. The van der Waals surface area contributed by atoms with Crippen molar-refractivity contribution in [1.82, 2.24) is 9.80 Å². The maximum atomic E-state index is 12.7. The quantitative estimate of drug-likeness (QED) is 0.792. The number of benzene rings is 1. The molecule has 2 rings (SSSR count). The fourth-order valence-electron chi connectivity index (χ4n) is 3.40. The first kappa shape index (κ1) is 20.7. The van der Waals surface area contributed by atoms with Gasteiger partial charge in [0.25, 0.3) is 0 Å². The van der Waals surface area contributed by atoms with Crippen molar-refractivity contribution in [3.63, 3.8) is 0 Å². The number of nitrogens with one attached hydrogen (secondary N) is 1. The van der Waals surface area contributed by atoms with Gasteiger partial charge in [-0.25, -0.2) is 0 Å². The Bertz CT molecular complexity index is 653. The van der Waals surface area contributed by atoms with Crippen LogP contribution in [-0.2, 0) is 9.59 Å². The molecule has 1 aliphatic heterocycles. The first-order valence-electron chi connectivity index (χ1n) is 9.01. The molecule has 0 bridgehead atoms. The van der Waals surface area contributed by atoms with Crippen LogP contribution in [0.15, 0.2) is 18.2 Å². The molecule has 1 amide bonds. The zero-order valence-electron chi connectivity index (χ0n) is 15.7. The van der Waals surface area contributed by atoms with Gasteiger partial charge < -0.3 is 10.4 Å². The van der Waals surface area contributed by atoms with Crippen molar-refractivity contribution >= 4 is 29.2 Å². The van der Waals surface area contributed by atoms with Crippen LogP contribution in [0.3, 0.4) is 0 Å². The lowest BCUT2D eigenvalue weighted by Crippen LogP contribution is -2.43.